The first-order chi connectivity index (χ1) is 26.5. The first-order valence-electron chi connectivity index (χ1n) is 19.1. The number of ether oxygens (including phenoxy) is 5. The molecule has 6 nitrogen and oxygen atoms in total. The smallest absolute Gasteiger partial charge is 0.308 e. The third kappa shape index (κ3) is 8.91. The average molecular weight is 723 g/mol. The minimum Gasteiger partial charge on any atom is -0.469 e. The zero-order chi connectivity index (χ0) is 37.2. The molecule has 7 rings (SSSR count). The Bertz CT molecular complexity index is 1800. The van der Waals surface area contributed by atoms with Crippen LogP contribution in [-0.4, -0.2) is 44.1 Å². The summed E-state index contributed by atoms with van der Waals surface area (Å²) in [5.74, 6) is 0.692. The monoisotopic (exact) mass is 722 g/mol. The molecule has 5 aromatic rings. The summed E-state index contributed by atoms with van der Waals surface area (Å²) in [6.07, 6.45) is 3.59. The highest BCUT2D eigenvalue weighted by Crippen LogP contribution is 2.50. The second-order valence-corrected chi connectivity index (χ2v) is 14.4. The van der Waals surface area contributed by atoms with Gasteiger partial charge in [-0.25, -0.2) is 0 Å². The van der Waals surface area contributed by atoms with Crippen LogP contribution in [0.5, 0.6) is 0 Å². The SMILES string of the molecule is COC(=O)C[C@@H]1C[C@H](OCc2ccccc2)[C@@H](OCc2ccccc2)[C@@H](/C=C/[C@H]2[C@H](C)[C@@H]2COC(c2ccccc2)(c2ccccc2)c2ccccc2)O1. The molecule has 0 N–H and O–H groups in total. The second-order valence-electron chi connectivity index (χ2n) is 14.4. The van der Waals surface area contributed by atoms with E-state index < -0.39 is 11.7 Å². The average Bonchev–Trinajstić information content (AvgIpc) is 3.87. The third-order valence-electron chi connectivity index (χ3n) is 10.9. The van der Waals surface area contributed by atoms with Crippen LogP contribution in [0, 0.1) is 17.8 Å². The van der Waals surface area contributed by atoms with E-state index in [0.717, 1.165) is 27.8 Å². The van der Waals surface area contributed by atoms with E-state index in [0.29, 0.717) is 38.1 Å². The fraction of sp³-hybridized carbons (Fsp3) is 0.312. The molecular formula is C48H50O6. The minimum atomic E-state index is -0.770. The highest BCUT2D eigenvalue weighted by molar-refractivity contribution is 5.69. The molecule has 278 valence electrons. The molecule has 1 saturated heterocycles. The summed E-state index contributed by atoms with van der Waals surface area (Å²) in [6, 6.07) is 51.9. The molecule has 1 saturated carbocycles. The van der Waals surface area contributed by atoms with Crippen molar-refractivity contribution >= 4 is 5.97 Å². The number of rotatable bonds is 16. The number of allylic oxidation sites excluding steroid dienone is 1. The van der Waals surface area contributed by atoms with Crippen molar-refractivity contribution in [2.24, 2.45) is 17.8 Å². The van der Waals surface area contributed by atoms with Crippen molar-refractivity contribution in [2.75, 3.05) is 13.7 Å². The lowest BCUT2D eigenvalue weighted by Gasteiger charge is -2.40. The van der Waals surface area contributed by atoms with E-state index in [1.807, 2.05) is 54.6 Å². The lowest BCUT2D eigenvalue weighted by Crippen LogP contribution is -2.50. The van der Waals surface area contributed by atoms with Crippen molar-refractivity contribution in [3.8, 4) is 0 Å². The number of hydrogen-bond donors (Lipinski definition) is 0. The molecule has 7 atom stereocenters. The molecule has 0 aromatic heterocycles. The molecule has 0 unspecified atom stereocenters. The van der Waals surface area contributed by atoms with Gasteiger partial charge in [-0.05, 0) is 45.6 Å². The minimum absolute atomic E-state index is 0.147. The first kappa shape index (κ1) is 37.5. The van der Waals surface area contributed by atoms with E-state index in [2.05, 4.69) is 116 Å². The highest BCUT2D eigenvalue weighted by atomic mass is 16.6. The Morgan fingerprint density at radius 3 is 1.67 bits per heavy atom. The number of hydrogen-bond acceptors (Lipinski definition) is 6. The van der Waals surface area contributed by atoms with E-state index in [9.17, 15) is 4.79 Å². The van der Waals surface area contributed by atoms with Crippen LogP contribution >= 0.6 is 0 Å². The Labute approximate surface area is 319 Å². The molecule has 6 heteroatoms. The van der Waals surface area contributed by atoms with Gasteiger partial charge in [0, 0.05) is 6.42 Å². The lowest BCUT2D eigenvalue weighted by molar-refractivity contribution is -0.198. The van der Waals surface area contributed by atoms with Gasteiger partial charge in [0.2, 0.25) is 0 Å². The Balaban J connectivity index is 1.13. The maximum absolute atomic E-state index is 12.5. The molecular weight excluding hydrogens is 673 g/mol. The number of benzene rings is 5. The Hall–Kier alpha value is -4.85. The molecule has 0 amide bonds. The van der Waals surface area contributed by atoms with Crippen molar-refractivity contribution in [3.63, 3.8) is 0 Å². The summed E-state index contributed by atoms with van der Waals surface area (Å²) >= 11 is 0. The van der Waals surface area contributed by atoms with Crippen LogP contribution in [0.3, 0.4) is 0 Å². The summed E-state index contributed by atoms with van der Waals surface area (Å²) in [6.45, 7) is 3.71. The topological polar surface area (TPSA) is 63.2 Å². The van der Waals surface area contributed by atoms with E-state index in [-0.39, 0.29) is 36.6 Å². The predicted molar refractivity (Wildman–Crippen MR) is 210 cm³/mol. The van der Waals surface area contributed by atoms with Crippen LogP contribution in [0.15, 0.2) is 164 Å². The zero-order valence-corrected chi connectivity index (χ0v) is 31.1. The predicted octanol–water partition coefficient (Wildman–Crippen LogP) is 9.32. The summed E-state index contributed by atoms with van der Waals surface area (Å²) in [5.41, 5.74) is 4.66. The second kappa shape index (κ2) is 18.0. The highest BCUT2D eigenvalue weighted by Gasteiger charge is 2.48. The molecule has 0 radical (unpaired) electrons. The Kier molecular flexibility index (Phi) is 12.5. The van der Waals surface area contributed by atoms with Crippen LogP contribution in [0.4, 0.5) is 0 Å². The Morgan fingerprint density at radius 1 is 0.685 bits per heavy atom. The van der Waals surface area contributed by atoms with Crippen LogP contribution in [0.1, 0.15) is 47.6 Å². The molecule has 1 aliphatic heterocycles. The standard InChI is InChI=1S/C48H50O6/c1-35-42(43(35)34-53-48(38-22-12-5-13-23-38,39-24-14-6-15-25-39)40-26-16-7-17-27-40)28-29-44-47(52-33-37-20-10-4-11-21-37)45(30-41(54-44)31-46(49)50-2)51-32-36-18-8-3-9-19-36/h3-29,35,41-45,47H,30-34H2,1-2H3/b29-28+/t35-,41-,42-,43-,44+,45-,47-/m0/s1. The normalized spacial score (nSPS) is 23.9. The van der Waals surface area contributed by atoms with Gasteiger partial charge < -0.3 is 23.7 Å². The van der Waals surface area contributed by atoms with Crippen LogP contribution in [0.2, 0.25) is 0 Å². The maximum atomic E-state index is 12.5. The van der Waals surface area contributed by atoms with Gasteiger partial charge in [0.1, 0.15) is 17.8 Å². The number of methoxy groups -OCH3 is 1. The van der Waals surface area contributed by atoms with Crippen molar-refractivity contribution in [1.29, 1.82) is 0 Å². The molecule has 54 heavy (non-hydrogen) atoms. The van der Waals surface area contributed by atoms with Gasteiger partial charge in [-0.15, -0.1) is 0 Å². The largest absolute Gasteiger partial charge is 0.469 e. The zero-order valence-electron chi connectivity index (χ0n) is 31.1. The molecule has 0 bridgehead atoms. The number of carbonyl (C=O) groups is 1. The Morgan fingerprint density at radius 2 is 1.17 bits per heavy atom. The van der Waals surface area contributed by atoms with Gasteiger partial charge in [-0.2, -0.15) is 0 Å². The molecule has 0 spiro atoms. The summed E-state index contributed by atoms with van der Waals surface area (Å²) in [7, 11) is 1.41. The quantitative estimate of drug-likeness (QED) is 0.0575. The van der Waals surface area contributed by atoms with E-state index in [1.54, 1.807) is 0 Å². The van der Waals surface area contributed by atoms with Gasteiger partial charge in [-0.3, -0.25) is 4.79 Å². The van der Waals surface area contributed by atoms with Crippen LogP contribution in [0.25, 0.3) is 0 Å². The number of carbonyl (C=O) groups excluding carboxylic acids is 1. The van der Waals surface area contributed by atoms with Gasteiger partial charge in [-0.1, -0.05) is 171 Å². The maximum Gasteiger partial charge on any atom is 0.308 e. The first-order valence-corrected chi connectivity index (χ1v) is 19.1. The number of esters is 1. The fourth-order valence-electron chi connectivity index (χ4n) is 7.81. The molecule has 5 aromatic carbocycles. The molecule has 2 aliphatic rings. The molecule has 2 fully saturated rings. The fourth-order valence-corrected chi connectivity index (χ4v) is 7.81. The van der Waals surface area contributed by atoms with Crippen molar-refractivity contribution in [2.45, 2.75) is 63.0 Å². The summed E-state index contributed by atoms with van der Waals surface area (Å²) in [5, 5.41) is 0. The van der Waals surface area contributed by atoms with Crippen molar-refractivity contribution < 1.29 is 28.5 Å². The van der Waals surface area contributed by atoms with Gasteiger partial charge in [0.25, 0.3) is 0 Å². The van der Waals surface area contributed by atoms with E-state index in [1.165, 1.54) is 7.11 Å². The van der Waals surface area contributed by atoms with Crippen molar-refractivity contribution in [1.82, 2.24) is 0 Å². The summed E-state index contributed by atoms with van der Waals surface area (Å²) in [4.78, 5) is 12.5. The van der Waals surface area contributed by atoms with Gasteiger partial charge in [0.05, 0.1) is 45.6 Å². The molecule has 1 heterocycles. The van der Waals surface area contributed by atoms with Crippen molar-refractivity contribution in [3.05, 3.63) is 192 Å². The third-order valence-corrected chi connectivity index (χ3v) is 10.9. The van der Waals surface area contributed by atoms with Crippen LogP contribution < -0.4 is 0 Å². The molecule has 1 aliphatic carbocycles. The van der Waals surface area contributed by atoms with E-state index >= 15 is 0 Å². The lowest BCUT2D eigenvalue weighted by atomic mass is 9.80. The van der Waals surface area contributed by atoms with E-state index in [4.69, 9.17) is 23.7 Å². The van der Waals surface area contributed by atoms with Crippen LogP contribution in [-0.2, 0) is 47.3 Å². The van der Waals surface area contributed by atoms with Gasteiger partial charge >= 0.3 is 5.97 Å². The summed E-state index contributed by atoms with van der Waals surface area (Å²) < 4.78 is 32.2. The van der Waals surface area contributed by atoms with Gasteiger partial charge in [0.15, 0.2) is 0 Å².